The van der Waals surface area contributed by atoms with E-state index in [-0.39, 0.29) is 5.75 Å². The van der Waals surface area contributed by atoms with Crippen molar-refractivity contribution < 1.29 is 5.11 Å². The van der Waals surface area contributed by atoms with Crippen LogP contribution in [0.5, 0.6) is 5.75 Å². The van der Waals surface area contributed by atoms with Gasteiger partial charge in [-0.3, -0.25) is 4.98 Å². The number of rotatable bonds is 1. The number of hydrogen-bond acceptors (Lipinski definition) is 4. The van der Waals surface area contributed by atoms with Crippen molar-refractivity contribution in [2.75, 3.05) is 10.2 Å². The Morgan fingerprint density at radius 1 is 1.00 bits per heavy atom. The molecule has 4 nitrogen and oxygen atoms in total. The first kappa shape index (κ1) is 13.0. The van der Waals surface area contributed by atoms with Crippen molar-refractivity contribution in [3.63, 3.8) is 0 Å². The molecule has 0 atom stereocenters. The van der Waals surface area contributed by atoms with E-state index in [9.17, 15) is 5.11 Å². The van der Waals surface area contributed by atoms with E-state index in [1.165, 1.54) is 0 Å². The number of para-hydroxylation sites is 2. The van der Waals surface area contributed by atoms with Crippen LogP contribution >= 0.6 is 11.6 Å². The summed E-state index contributed by atoms with van der Waals surface area (Å²) in [7, 11) is 0. The summed E-state index contributed by atoms with van der Waals surface area (Å²) < 4.78 is 0. The number of fused-ring (bicyclic) bond motifs is 2. The number of phenols is 1. The number of pyridine rings is 1. The Balaban J connectivity index is 2.00. The smallest absolute Gasteiger partial charge is 0.159 e. The number of nitrogens with zero attached hydrogens (tertiary/aromatic N) is 2. The minimum Gasteiger partial charge on any atom is -0.504 e. The molecule has 1 aromatic heterocycles. The first-order valence-electron chi connectivity index (χ1n) is 6.83. The third kappa shape index (κ3) is 1.89. The molecular weight excluding hydrogens is 298 g/mol. The van der Waals surface area contributed by atoms with Crippen LogP contribution in [0, 0.1) is 0 Å². The lowest BCUT2D eigenvalue weighted by molar-refractivity contribution is 0.478. The van der Waals surface area contributed by atoms with E-state index in [1.807, 2.05) is 47.4 Å². The molecular formula is C17H12ClN3O. The molecule has 2 aromatic carbocycles. The Morgan fingerprint density at radius 3 is 2.68 bits per heavy atom. The quantitative estimate of drug-likeness (QED) is 0.487. The van der Waals surface area contributed by atoms with Gasteiger partial charge in [-0.2, -0.15) is 0 Å². The predicted molar refractivity (Wildman–Crippen MR) is 88.9 cm³/mol. The highest BCUT2D eigenvalue weighted by molar-refractivity contribution is 6.33. The molecule has 0 spiro atoms. The van der Waals surface area contributed by atoms with Crippen molar-refractivity contribution in [2.24, 2.45) is 0 Å². The summed E-state index contributed by atoms with van der Waals surface area (Å²) in [6, 6.07) is 15.3. The molecule has 3 aromatic rings. The third-order valence-electron chi connectivity index (χ3n) is 3.66. The average Bonchev–Trinajstić information content (AvgIpc) is 2.57. The fourth-order valence-electron chi connectivity index (χ4n) is 2.67. The molecule has 0 bridgehead atoms. The number of nitrogens with one attached hydrogen (secondary N) is 1. The number of halogens is 1. The van der Waals surface area contributed by atoms with Gasteiger partial charge in [0.15, 0.2) is 5.75 Å². The molecule has 0 amide bonds. The van der Waals surface area contributed by atoms with E-state index in [1.54, 1.807) is 18.5 Å². The lowest BCUT2D eigenvalue weighted by Crippen LogP contribution is -2.17. The molecule has 108 valence electrons. The zero-order valence-electron chi connectivity index (χ0n) is 11.5. The van der Waals surface area contributed by atoms with Gasteiger partial charge in [0.05, 0.1) is 34.0 Å². The number of benzene rings is 2. The van der Waals surface area contributed by atoms with Gasteiger partial charge in [0.2, 0.25) is 0 Å². The van der Waals surface area contributed by atoms with E-state index in [0.717, 1.165) is 22.7 Å². The highest BCUT2D eigenvalue weighted by Crippen LogP contribution is 2.52. The molecule has 0 fully saturated rings. The number of aromatic nitrogens is 1. The van der Waals surface area contributed by atoms with Crippen molar-refractivity contribution in [3.05, 3.63) is 65.9 Å². The minimum absolute atomic E-state index is 0.0440. The van der Waals surface area contributed by atoms with Crippen LogP contribution in [0.4, 0.5) is 28.4 Å². The van der Waals surface area contributed by atoms with Crippen molar-refractivity contribution in [1.29, 1.82) is 0 Å². The maximum absolute atomic E-state index is 10.3. The second-order valence-electron chi connectivity index (χ2n) is 4.98. The zero-order chi connectivity index (χ0) is 15.1. The summed E-state index contributed by atoms with van der Waals surface area (Å²) in [4.78, 5) is 6.24. The highest BCUT2D eigenvalue weighted by Gasteiger charge is 2.26. The van der Waals surface area contributed by atoms with Crippen LogP contribution in [0.1, 0.15) is 0 Å². The SMILES string of the molecule is Oc1c(Cl)ccc2c1Nc1ccccc1N2c1cccnc1. The highest BCUT2D eigenvalue weighted by atomic mass is 35.5. The first-order chi connectivity index (χ1) is 10.8. The molecule has 1 aliphatic heterocycles. The molecule has 0 unspecified atom stereocenters. The molecule has 1 aliphatic rings. The predicted octanol–water partition coefficient (Wildman–Crippen LogP) is 4.97. The molecule has 0 radical (unpaired) electrons. The summed E-state index contributed by atoms with van der Waals surface area (Å²) in [6.45, 7) is 0. The van der Waals surface area contributed by atoms with Crippen LogP contribution in [0.2, 0.25) is 5.02 Å². The second-order valence-corrected chi connectivity index (χ2v) is 5.39. The van der Waals surface area contributed by atoms with Gasteiger partial charge < -0.3 is 15.3 Å². The molecule has 22 heavy (non-hydrogen) atoms. The number of phenolic OH excluding ortho intramolecular Hbond substituents is 1. The van der Waals surface area contributed by atoms with E-state index in [4.69, 9.17) is 11.6 Å². The Labute approximate surface area is 132 Å². The normalized spacial score (nSPS) is 12.3. The Morgan fingerprint density at radius 2 is 1.86 bits per heavy atom. The molecule has 2 N–H and O–H groups in total. The second kappa shape index (κ2) is 4.93. The maximum atomic E-state index is 10.3. The minimum atomic E-state index is 0.0440. The maximum Gasteiger partial charge on any atom is 0.159 e. The fourth-order valence-corrected chi connectivity index (χ4v) is 2.83. The van der Waals surface area contributed by atoms with E-state index < -0.39 is 0 Å². The Kier molecular flexibility index (Phi) is 2.91. The number of hydrogen-bond donors (Lipinski definition) is 2. The zero-order valence-corrected chi connectivity index (χ0v) is 12.2. The summed E-state index contributed by atoms with van der Waals surface area (Å²) in [5.41, 5.74) is 4.23. The van der Waals surface area contributed by atoms with Gasteiger partial charge in [0.1, 0.15) is 5.69 Å². The summed E-state index contributed by atoms with van der Waals surface area (Å²) >= 11 is 6.05. The molecule has 2 heterocycles. The lowest BCUT2D eigenvalue weighted by Gasteiger charge is -2.34. The molecule has 4 rings (SSSR count). The first-order valence-corrected chi connectivity index (χ1v) is 7.21. The number of aromatic hydroxyl groups is 1. The van der Waals surface area contributed by atoms with Crippen molar-refractivity contribution in [2.45, 2.75) is 0 Å². The van der Waals surface area contributed by atoms with Crippen LogP contribution in [0.25, 0.3) is 0 Å². The molecule has 0 aliphatic carbocycles. The van der Waals surface area contributed by atoms with Gasteiger partial charge in [-0.05, 0) is 36.4 Å². The van der Waals surface area contributed by atoms with Crippen LogP contribution in [0.3, 0.4) is 0 Å². The number of anilines is 5. The van der Waals surface area contributed by atoms with Crippen molar-refractivity contribution in [3.8, 4) is 5.75 Å². The van der Waals surface area contributed by atoms with E-state index >= 15 is 0 Å². The van der Waals surface area contributed by atoms with Gasteiger partial charge in [0, 0.05) is 6.20 Å². The van der Waals surface area contributed by atoms with E-state index in [0.29, 0.717) is 10.7 Å². The summed E-state index contributed by atoms with van der Waals surface area (Å²) in [6.07, 6.45) is 3.52. The standard InChI is InChI=1S/C17H12ClN3O/c18-12-7-8-15-16(17(12)22)20-13-5-1-2-6-14(13)21(15)11-4-3-9-19-10-11/h1-10,20,22H. The topological polar surface area (TPSA) is 48.4 Å². The van der Waals surface area contributed by atoms with Crippen molar-refractivity contribution >= 4 is 40.0 Å². The van der Waals surface area contributed by atoms with Crippen LogP contribution in [-0.4, -0.2) is 10.1 Å². The lowest BCUT2D eigenvalue weighted by atomic mass is 10.1. The van der Waals surface area contributed by atoms with Gasteiger partial charge in [-0.25, -0.2) is 0 Å². The van der Waals surface area contributed by atoms with Gasteiger partial charge in [-0.15, -0.1) is 0 Å². The van der Waals surface area contributed by atoms with Gasteiger partial charge in [-0.1, -0.05) is 23.7 Å². The van der Waals surface area contributed by atoms with Crippen LogP contribution < -0.4 is 10.2 Å². The monoisotopic (exact) mass is 309 g/mol. The van der Waals surface area contributed by atoms with Gasteiger partial charge >= 0.3 is 0 Å². The summed E-state index contributed by atoms with van der Waals surface area (Å²) in [5, 5.41) is 13.9. The largest absolute Gasteiger partial charge is 0.504 e. The van der Waals surface area contributed by atoms with Gasteiger partial charge in [0.25, 0.3) is 0 Å². The molecule has 5 heteroatoms. The van der Waals surface area contributed by atoms with Crippen LogP contribution in [-0.2, 0) is 0 Å². The Hall–Kier alpha value is -2.72. The van der Waals surface area contributed by atoms with Crippen molar-refractivity contribution in [1.82, 2.24) is 4.98 Å². The third-order valence-corrected chi connectivity index (χ3v) is 3.96. The summed E-state index contributed by atoms with van der Waals surface area (Å²) in [5.74, 6) is 0.0440. The Bertz CT molecular complexity index is 852. The average molecular weight is 310 g/mol. The molecule has 0 saturated heterocycles. The fraction of sp³-hybridized carbons (Fsp3) is 0. The molecule has 0 saturated carbocycles. The van der Waals surface area contributed by atoms with Crippen LogP contribution in [0.15, 0.2) is 60.9 Å². The van der Waals surface area contributed by atoms with E-state index in [2.05, 4.69) is 10.3 Å².